The van der Waals surface area contributed by atoms with E-state index in [2.05, 4.69) is 4.99 Å². The second-order valence-corrected chi connectivity index (χ2v) is 11.4. The number of hydrogen-bond acceptors (Lipinski definition) is 8. The van der Waals surface area contributed by atoms with Crippen molar-refractivity contribution in [2.24, 2.45) is 4.99 Å². The lowest BCUT2D eigenvalue weighted by Gasteiger charge is -2.26. The molecule has 1 atom stereocenters. The Balaban J connectivity index is 1.94. The normalized spacial score (nSPS) is 15.2. The van der Waals surface area contributed by atoms with E-state index in [1.807, 2.05) is 58.9 Å². The van der Waals surface area contributed by atoms with Gasteiger partial charge >= 0.3 is 5.97 Å². The van der Waals surface area contributed by atoms with Gasteiger partial charge in [0.25, 0.3) is 5.56 Å². The van der Waals surface area contributed by atoms with Gasteiger partial charge in [0.2, 0.25) is 0 Å². The molecule has 8 nitrogen and oxygen atoms in total. The molecule has 0 aliphatic carbocycles. The molecule has 0 saturated heterocycles. The van der Waals surface area contributed by atoms with Gasteiger partial charge in [0.15, 0.2) is 16.3 Å². The van der Waals surface area contributed by atoms with Gasteiger partial charge in [-0.05, 0) is 78.3 Å². The molecule has 0 radical (unpaired) electrons. The van der Waals surface area contributed by atoms with Crippen molar-refractivity contribution in [2.75, 3.05) is 13.2 Å². The molecule has 0 amide bonds. The van der Waals surface area contributed by atoms with Crippen molar-refractivity contribution in [1.29, 1.82) is 0 Å². The highest BCUT2D eigenvalue weighted by Gasteiger charge is 2.35. The molecule has 218 valence electrons. The zero-order chi connectivity index (χ0) is 29.8. The van der Waals surface area contributed by atoms with Gasteiger partial charge in [0.1, 0.15) is 11.8 Å². The van der Waals surface area contributed by atoms with Gasteiger partial charge in [0, 0.05) is 5.56 Å². The van der Waals surface area contributed by atoms with Crippen LogP contribution in [0.25, 0.3) is 6.08 Å². The number of nitrogens with zero attached hydrogens (tertiary/aromatic N) is 2. The number of ether oxygens (including phenoxy) is 4. The summed E-state index contributed by atoms with van der Waals surface area (Å²) in [6, 6.07) is 10.2. The Kier molecular flexibility index (Phi) is 9.60. The third-order valence-electron chi connectivity index (χ3n) is 6.08. The fourth-order valence-corrected chi connectivity index (χ4v) is 5.90. The van der Waals surface area contributed by atoms with Gasteiger partial charge in [0.05, 0.1) is 46.2 Å². The smallest absolute Gasteiger partial charge is 0.338 e. The lowest BCUT2D eigenvalue weighted by atomic mass is 9.95. The summed E-state index contributed by atoms with van der Waals surface area (Å²) in [5.41, 5.74) is 1.81. The minimum absolute atomic E-state index is 0.0966. The van der Waals surface area contributed by atoms with Crippen molar-refractivity contribution in [3.05, 3.63) is 83.5 Å². The van der Waals surface area contributed by atoms with Crippen LogP contribution in [0.4, 0.5) is 0 Å². The van der Waals surface area contributed by atoms with Crippen LogP contribution in [0.5, 0.6) is 17.2 Å². The second-order valence-electron chi connectivity index (χ2n) is 9.94. The molecule has 10 heteroatoms. The van der Waals surface area contributed by atoms with Crippen LogP contribution in [-0.2, 0) is 9.53 Å². The molecule has 1 aromatic heterocycles. The van der Waals surface area contributed by atoms with Crippen LogP contribution in [0, 0.1) is 0 Å². The molecule has 41 heavy (non-hydrogen) atoms. The van der Waals surface area contributed by atoms with E-state index in [0.29, 0.717) is 60.6 Å². The topological polar surface area (TPSA) is 88.4 Å². The summed E-state index contributed by atoms with van der Waals surface area (Å²) in [5, 5.41) is 0.377. The standard InChI is InChI=1S/C31H35ClN2O6S/c1-8-37-24-15-20(14-22(32)28(24)40-18(5)6)16-25-29(35)34-27(21-12-10-11-13-23(21)39-17(3)4)26(30(36)38-9-2)19(7)33-31(34)41-25/h10-18,27H,8-9H2,1-7H3/b25-16-/t27-/m1/s1. The number of halogens is 1. The van der Waals surface area contributed by atoms with Crippen molar-refractivity contribution < 1.29 is 23.7 Å². The third-order valence-corrected chi connectivity index (χ3v) is 7.34. The van der Waals surface area contributed by atoms with Crippen LogP contribution in [0.15, 0.2) is 57.5 Å². The molecule has 2 heterocycles. The van der Waals surface area contributed by atoms with Crippen LogP contribution >= 0.6 is 22.9 Å². The number of allylic oxidation sites excluding steroid dienone is 1. The Labute approximate surface area is 248 Å². The van der Waals surface area contributed by atoms with Crippen LogP contribution in [-0.4, -0.2) is 36.0 Å². The molecule has 0 bridgehead atoms. The number of aromatic nitrogens is 1. The summed E-state index contributed by atoms with van der Waals surface area (Å²) in [6.07, 6.45) is 1.53. The van der Waals surface area contributed by atoms with Crippen LogP contribution < -0.4 is 29.1 Å². The van der Waals surface area contributed by atoms with E-state index in [-0.39, 0.29) is 24.4 Å². The highest BCUT2D eigenvalue weighted by molar-refractivity contribution is 7.07. The number of esters is 1. The number of benzene rings is 2. The molecule has 1 aliphatic heterocycles. The molecule has 0 fully saturated rings. The molecule has 1 aliphatic rings. The lowest BCUT2D eigenvalue weighted by molar-refractivity contribution is -0.139. The van der Waals surface area contributed by atoms with Crippen molar-refractivity contribution in [2.45, 2.75) is 66.7 Å². The first-order valence-corrected chi connectivity index (χ1v) is 14.8. The van der Waals surface area contributed by atoms with Gasteiger partial charge in [-0.2, -0.15) is 0 Å². The SMILES string of the molecule is CCOC(=O)C1=C(C)N=c2s/c(=C\c3cc(Cl)c(OC(C)C)c(OCC)c3)c(=O)n2[C@@H]1c1ccccc1OC(C)C. The number of carbonyl (C=O) groups excluding carboxylic acids is 1. The Bertz CT molecular complexity index is 1650. The van der Waals surface area contributed by atoms with E-state index >= 15 is 0 Å². The maximum Gasteiger partial charge on any atom is 0.338 e. The summed E-state index contributed by atoms with van der Waals surface area (Å²) in [6.45, 7) is 13.7. The van der Waals surface area contributed by atoms with E-state index < -0.39 is 12.0 Å². The number of para-hydroxylation sites is 1. The number of fused-ring (bicyclic) bond motifs is 1. The summed E-state index contributed by atoms with van der Waals surface area (Å²) >= 11 is 7.82. The summed E-state index contributed by atoms with van der Waals surface area (Å²) in [5.74, 6) is 0.998. The van der Waals surface area contributed by atoms with E-state index in [0.717, 1.165) is 0 Å². The molecule has 0 spiro atoms. The minimum atomic E-state index is -0.785. The average Bonchev–Trinajstić information content (AvgIpc) is 3.19. The monoisotopic (exact) mass is 598 g/mol. The zero-order valence-corrected chi connectivity index (χ0v) is 25.9. The molecule has 4 rings (SSSR count). The average molecular weight is 599 g/mol. The van der Waals surface area contributed by atoms with E-state index in [9.17, 15) is 9.59 Å². The van der Waals surface area contributed by atoms with Gasteiger partial charge < -0.3 is 18.9 Å². The number of carbonyl (C=O) groups is 1. The Morgan fingerprint density at radius 1 is 1.07 bits per heavy atom. The summed E-state index contributed by atoms with van der Waals surface area (Å²) < 4.78 is 25.2. The first-order valence-electron chi connectivity index (χ1n) is 13.6. The van der Waals surface area contributed by atoms with E-state index in [1.54, 1.807) is 36.6 Å². The lowest BCUT2D eigenvalue weighted by Crippen LogP contribution is -2.40. The predicted octanol–water partition coefficient (Wildman–Crippen LogP) is 5.42. The van der Waals surface area contributed by atoms with Crippen LogP contribution in [0.2, 0.25) is 5.02 Å². The number of rotatable bonds is 10. The molecular formula is C31H35ClN2O6S. The molecule has 3 aromatic rings. The van der Waals surface area contributed by atoms with Crippen molar-refractivity contribution >= 4 is 35.0 Å². The molecule has 0 unspecified atom stereocenters. The van der Waals surface area contributed by atoms with Gasteiger partial charge in [-0.1, -0.05) is 41.1 Å². The van der Waals surface area contributed by atoms with Crippen molar-refractivity contribution in [3.8, 4) is 17.2 Å². The quantitative estimate of drug-likeness (QED) is 0.289. The van der Waals surface area contributed by atoms with Crippen molar-refractivity contribution in [3.63, 3.8) is 0 Å². The molecule has 2 aromatic carbocycles. The first kappa shape index (κ1) is 30.4. The Hall–Kier alpha value is -3.56. The molecule has 0 N–H and O–H groups in total. The van der Waals surface area contributed by atoms with E-state index in [4.69, 9.17) is 30.5 Å². The Morgan fingerprint density at radius 3 is 2.44 bits per heavy atom. The highest BCUT2D eigenvalue weighted by Crippen LogP contribution is 2.38. The van der Waals surface area contributed by atoms with Crippen molar-refractivity contribution in [1.82, 2.24) is 4.57 Å². The minimum Gasteiger partial charge on any atom is -0.491 e. The second kappa shape index (κ2) is 13.0. The highest BCUT2D eigenvalue weighted by atomic mass is 35.5. The fourth-order valence-electron chi connectivity index (χ4n) is 4.59. The third kappa shape index (κ3) is 6.52. The first-order chi connectivity index (χ1) is 19.5. The summed E-state index contributed by atoms with van der Waals surface area (Å²) in [4.78, 5) is 32.4. The van der Waals surface area contributed by atoms with Gasteiger partial charge in [-0.25, -0.2) is 9.79 Å². The van der Waals surface area contributed by atoms with Gasteiger partial charge in [-0.15, -0.1) is 0 Å². The maximum atomic E-state index is 14.1. The number of thiazole rings is 1. The maximum absolute atomic E-state index is 14.1. The Morgan fingerprint density at radius 2 is 1.78 bits per heavy atom. The molecular weight excluding hydrogens is 564 g/mol. The summed E-state index contributed by atoms with van der Waals surface area (Å²) in [7, 11) is 0. The predicted molar refractivity (Wildman–Crippen MR) is 161 cm³/mol. The van der Waals surface area contributed by atoms with Gasteiger partial charge in [-0.3, -0.25) is 9.36 Å². The zero-order valence-electron chi connectivity index (χ0n) is 24.3. The van der Waals surface area contributed by atoms with E-state index in [1.165, 1.54) is 11.3 Å². The fraction of sp³-hybridized carbons (Fsp3) is 0.387. The molecule has 0 saturated carbocycles. The van der Waals surface area contributed by atoms with Crippen LogP contribution in [0.1, 0.15) is 65.6 Å². The van der Waals surface area contributed by atoms with Crippen LogP contribution in [0.3, 0.4) is 0 Å². The largest absolute Gasteiger partial charge is 0.491 e. The number of hydrogen-bond donors (Lipinski definition) is 0.